The van der Waals surface area contributed by atoms with E-state index in [9.17, 15) is 4.79 Å². The number of aryl methyl sites for hydroxylation is 1. The number of benzene rings is 2. The van der Waals surface area contributed by atoms with Crippen molar-refractivity contribution in [3.63, 3.8) is 0 Å². The summed E-state index contributed by atoms with van der Waals surface area (Å²) >= 11 is 11.9. The minimum atomic E-state index is 0.0521. The average Bonchev–Trinajstić information content (AvgIpc) is 2.33. The molecule has 92 valence electrons. The van der Waals surface area contributed by atoms with Crippen molar-refractivity contribution >= 4 is 29.0 Å². The highest BCUT2D eigenvalue weighted by Crippen LogP contribution is 2.30. The molecule has 0 heterocycles. The Labute approximate surface area is 116 Å². The number of rotatable bonds is 2. The first kappa shape index (κ1) is 13.1. The molecule has 0 spiro atoms. The van der Waals surface area contributed by atoms with Crippen LogP contribution in [0.3, 0.4) is 0 Å². The first-order valence-corrected chi connectivity index (χ1v) is 6.31. The largest absolute Gasteiger partial charge is 0.295 e. The van der Waals surface area contributed by atoms with Crippen molar-refractivity contribution < 1.29 is 4.79 Å². The molecular weight excluding hydrogens is 267 g/mol. The van der Waals surface area contributed by atoms with Gasteiger partial charge in [-0.25, -0.2) is 0 Å². The van der Waals surface area contributed by atoms with E-state index in [2.05, 4.69) is 0 Å². The lowest BCUT2D eigenvalue weighted by atomic mass is 9.97. The Balaban J connectivity index is 2.58. The molecule has 0 atom stereocenters. The summed E-state index contributed by atoms with van der Waals surface area (Å²) in [6.07, 6.45) is 0. The van der Waals surface area contributed by atoms with E-state index >= 15 is 0 Å². The van der Waals surface area contributed by atoms with Gasteiger partial charge in [-0.15, -0.1) is 0 Å². The zero-order chi connectivity index (χ0) is 13.3. The molecule has 0 fully saturated rings. The molecule has 0 N–H and O–H groups in total. The van der Waals surface area contributed by atoms with Gasteiger partial charge in [0.1, 0.15) is 0 Å². The highest BCUT2D eigenvalue weighted by molar-refractivity contribution is 6.42. The summed E-state index contributed by atoms with van der Waals surface area (Å²) in [6.45, 7) is 3.56. The van der Waals surface area contributed by atoms with Gasteiger partial charge in [0.2, 0.25) is 0 Å². The Morgan fingerprint density at radius 3 is 2.33 bits per heavy atom. The predicted octanol–water partition coefficient (Wildman–Crippen LogP) is 5.17. The summed E-state index contributed by atoms with van der Waals surface area (Å²) in [5.74, 6) is 0.0521. The zero-order valence-corrected chi connectivity index (χ0v) is 11.6. The summed E-state index contributed by atoms with van der Waals surface area (Å²) < 4.78 is 0. The van der Waals surface area contributed by atoms with Crippen molar-refractivity contribution in [2.24, 2.45) is 0 Å². The fraction of sp³-hybridized carbons (Fsp3) is 0.133. The Hall–Kier alpha value is -1.31. The van der Waals surface area contributed by atoms with Gasteiger partial charge in [-0.3, -0.25) is 4.79 Å². The Morgan fingerprint density at radius 2 is 1.72 bits per heavy atom. The van der Waals surface area contributed by atoms with Crippen LogP contribution in [-0.2, 0) is 0 Å². The molecule has 18 heavy (non-hydrogen) atoms. The topological polar surface area (TPSA) is 17.1 Å². The molecule has 0 bridgehead atoms. The molecule has 0 saturated heterocycles. The van der Waals surface area contributed by atoms with Crippen molar-refractivity contribution in [2.75, 3.05) is 0 Å². The Morgan fingerprint density at radius 1 is 1.00 bits per heavy atom. The van der Waals surface area contributed by atoms with Gasteiger partial charge in [0.25, 0.3) is 0 Å². The van der Waals surface area contributed by atoms with Gasteiger partial charge in [-0.1, -0.05) is 41.4 Å². The van der Waals surface area contributed by atoms with E-state index in [4.69, 9.17) is 23.2 Å². The Kier molecular flexibility index (Phi) is 3.74. The van der Waals surface area contributed by atoms with Crippen LogP contribution in [0, 0.1) is 6.92 Å². The number of carbonyl (C=O) groups excluding carboxylic acids is 1. The van der Waals surface area contributed by atoms with Crippen LogP contribution in [0.4, 0.5) is 0 Å². The molecule has 0 aliphatic rings. The first-order chi connectivity index (χ1) is 8.49. The van der Waals surface area contributed by atoms with Gasteiger partial charge < -0.3 is 0 Å². The lowest BCUT2D eigenvalue weighted by molar-refractivity contribution is 0.101. The van der Waals surface area contributed by atoms with E-state index < -0.39 is 0 Å². The fourth-order valence-corrected chi connectivity index (χ4v) is 2.11. The molecule has 2 aromatic carbocycles. The quantitative estimate of drug-likeness (QED) is 0.693. The third kappa shape index (κ3) is 2.58. The molecule has 3 heteroatoms. The minimum absolute atomic E-state index is 0.0521. The molecule has 0 saturated carbocycles. The summed E-state index contributed by atoms with van der Waals surface area (Å²) in [5, 5.41) is 1.04. The second-order valence-corrected chi connectivity index (χ2v) is 5.03. The summed E-state index contributed by atoms with van der Waals surface area (Å²) in [7, 11) is 0. The summed E-state index contributed by atoms with van der Waals surface area (Å²) in [5.41, 5.74) is 3.76. The molecule has 1 nitrogen and oxygen atoms in total. The van der Waals surface area contributed by atoms with E-state index in [1.807, 2.05) is 37.3 Å². The van der Waals surface area contributed by atoms with Gasteiger partial charge in [0.15, 0.2) is 5.78 Å². The van der Waals surface area contributed by atoms with Gasteiger partial charge in [0, 0.05) is 5.56 Å². The SMILES string of the molecule is CC(=O)c1ccc(C)c(-c2ccc(Cl)c(Cl)c2)c1. The number of Topliss-reactive ketones (excluding diaryl/α,β-unsaturated/α-hetero) is 1. The zero-order valence-electron chi connectivity index (χ0n) is 10.1. The van der Waals surface area contributed by atoms with Crippen LogP contribution in [0.2, 0.25) is 10.0 Å². The molecular formula is C15H12Cl2O. The van der Waals surface area contributed by atoms with Crippen LogP contribution in [0.1, 0.15) is 22.8 Å². The normalized spacial score (nSPS) is 10.4. The molecule has 0 aliphatic heterocycles. The van der Waals surface area contributed by atoms with Crippen LogP contribution in [0.5, 0.6) is 0 Å². The molecule has 2 rings (SSSR count). The molecule has 0 aromatic heterocycles. The predicted molar refractivity (Wildman–Crippen MR) is 76.6 cm³/mol. The molecule has 0 unspecified atom stereocenters. The van der Waals surface area contributed by atoms with E-state index in [1.54, 1.807) is 13.0 Å². The van der Waals surface area contributed by atoms with E-state index in [0.717, 1.165) is 16.7 Å². The van der Waals surface area contributed by atoms with Crippen LogP contribution in [0.15, 0.2) is 36.4 Å². The third-order valence-electron chi connectivity index (χ3n) is 2.87. The van der Waals surface area contributed by atoms with Gasteiger partial charge in [0.05, 0.1) is 10.0 Å². The van der Waals surface area contributed by atoms with Crippen LogP contribution >= 0.6 is 23.2 Å². The highest BCUT2D eigenvalue weighted by atomic mass is 35.5. The monoisotopic (exact) mass is 278 g/mol. The van der Waals surface area contributed by atoms with E-state index in [1.165, 1.54) is 0 Å². The second kappa shape index (κ2) is 5.13. The molecule has 0 radical (unpaired) electrons. The number of ketones is 1. The van der Waals surface area contributed by atoms with E-state index in [-0.39, 0.29) is 5.78 Å². The number of hydrogen-bond donors (Lipinski definition) is 0. The van der Waals surface area contributed by atoms with Crippen molar-refractivity contribution in [3.05, 3.63) is 57.6 Å². The molecule has 0 amide bonds. The maximum absolute atomic E-state index is 11.4. The maximum Gasteiger partial charge on any atom is 0.159 e. The third-order valence-corrected chi connectivity index (χ3v) is 3.61. The smallest absolute Gasteiger partial charge is 0.159 e. The van der Waals surface area contributed by atoms with Crippen LogP contribution in [0.25, 0.3) is 11.1 Å². The Bertz CT molecular complexity index is 618. The van der Waals surface area contributed by atoms with Crippen LogP contribution < -0.4 is 0 Å². The minimum Gasteiger partial charge on any atom is -0.295 e. The maximum atomic E-state index is 11.4. The lowest BCUT2D eigenvalue weighted by Gasteiger charge is -2.09. The van der Waals surface area contributed by atoms with Gasteiger partial charge in [-0.2, -0.15) is 0 Å². The lowest BCUT2D eigenvalue weighted by Crippen LogP contribution is -1.94. The van der Waals surface area contributed by atoms with Crippen molar-refractivity contribution in [1.29, 1.82) is 0 Å². The standard InChI is InChI=1S/C15H12Cl2O/c1-9-3-4-11(10(2)18)7-13(9)12-5-6-14(16)15(17)8-12/h3-8H,1-2H3. The number of halogens is 2. The molecule has 2 aromatic rings. The summed E-state index contributed by atoms with van der Waals surface area (Å²) in [4.78, 5) is 11.4. The van der Waals surface area contributed by atoms with Gasteiger partial charge in [-0.05, 0) is 48.7 Å². The number of carbonyl (C=O) groups is 1. The van der Waals surface area contributed by atoms with Gasteiger partial charge >= 0.3 is 0 Å². The van der Waals surface area contributed by atoms with E-state index in [0.29, 0.717) is 15.6 Å². The highest BCUT2D eigenvalue weighted by Gasteiger charge is 2.08. The van der Waals surface area contributed by atoms with Crippen molar-refractivity contribution in [2.45, 2.75) is 13.8 Å². The average molecular weight is 279 g/mol. The number of hydrogen-bond acceptors (Lipinski definition) is 1. The van der Waals surface area contributed by atoms with Crippen LogP contribution in [-0.4, -0.2) is 5.78 Å². The fourth-order valence-electron chi connectivity index (χ4n) is 1.82. The first-order valence-electron chi connectivity index (χ1n) is 5.56. The van der Waals surface area contributed by atoms with Crippen molar-refractivity contribution in [3.8, 4) is 11.1 Å². The summed E-state index contributed by atoms with van der Waals surface area (Å²) in [6, 6.07) is 11.1. The molecule has 0 aliphatic carbocycles. The van der Waals surface area contributed by atoms with Crippen molar-refractivity contribution in [1.82, 2.24) is 0 Å². The second-order valence-electron chi connectivity index (χ2n) is 4.21.